The molecule has 5 nitrogen and oxygen atoms in total. The molecule has 0 radical (unpaired) electrons. The third kappa shape index (κ3) is 3.13. The van der Waals surface area contributed by atoms with Crippen LogP contribution in [0.5, 0.6) is 0 Å². The Morgan fingerprint density at radius 2 is 2.30 bits per heavy atom. The molecule has 20 heavy (non-hydrogen) atoms. The lowest BCUT2D eigenvalue weighted by Crippen LogP contribution is -2.50. The number of hydrogen-bond donors (Lipinski definition) is 2. The number of nitrogens with zero attached hydrogens (tertiary/aromatic N) is 1. The molecule has 0 aromatic heterocycles. The summed E-state index contributed by atoms with van der Waals surface area (Å²) in [5.41, 5.74) is 5.70. The fraction of sp³-hybridized carbons (Fsp3) is 0.286. The number of hydrogen-bond acceptors (Lipinski definition) is 3. The summed E-state index contributed by atoms with van der Waals surface area (Å²) in [4.78, 5) is 24.8. The second-order valence-corrected chi connectivity index (χ2v) is 4.28. The lowest BCUT2D eigenvalue weighted by atomic mass is 10.1. The van der Waals surface area contributed by atoms with Crippen LogP contribution in [0.1, 0.15) is 15.9 Å². The molecule has 0 atom stereocenters. The molecular formula is C14H14FN3O2. The molecule has 1 aromatic carbocycles. The Balaban J connectivity index is 2.26. The zero-order valence-electron chi connectivity index (χ0n) is 10.8. The second-order valence-electron chi connectivity index (χ2n) is 4.28. The van der Waals surface area contributed by atoms with E-state index in [-0.39, 0.29) is 24.6 Å². The molecule has 1 aromatic rings. The molecule has 0 bridgehead atoms. The van der Waals surface area contributed by atoms with Gasteiger partial charge in [0.1, 0.15) is 5.82 Å². The highest BCUT2D eigenvalue weighted by atomic mass is 19.1. The van der Waals surface area contributed by atoms with Crippen molar-refractivity contribution < 1.29 is 14.0 Å². The van der Waals surface area contributed by atoms with Crippen LogP contribution < -0.4 is 11.1 Å². The molecule has 1 aliphatic heterocycles. The smallest absolute Gasteiger partial charge is 0.257 e. The summed E-state index contributed by atoms with van der Waals surface area (Å²) in [6, 6.07) is 4.06. The first-order chi connectivity index (χ1) is 9.61. The monoisotopic (exact) mass is 275 g/mol. The standard InChI is InChI=1S/C14H14FN3O2/c15-12-4-3-10(2-1-5-16)8-11(12)14(20)18-7-6-17-13(19)9-18/h3-4,8H,5-7,9,16H2,(H,17,19). The summed E-state index contributed by atoms with van der Waals surface area (Å²) in [7, 11) is 0. The lowest BCUT2D eigenvalue weighted by molar-refractivity contribution is -0.123. The molecule has 104 valence electrons. The van der Waals surface area contributed by atoms with Crippen LogP contribution in [0.25, 0.3) is 0 Å². The third-order valence-corrected chi connectivity index (χ3v) is 2.86. The molecule has 2 amide bonds. The summed E-state index contributed by atoms with van der Waals surface area (Å²) in [5, 5.41) is 2.61. The molecule has 1 heterocycles. The number of piperazine rings is 1. The topological polar surface area (TPSA) is 75.4 Å². The highest BCUT2D eigenvalue weighted by Gasteiger charge is 2.24. The Morgan fingerprint density at radius 1 is 1.50 bits per heavy atom. The minimum atomic E-state index is -0.626. The Kier molecular flexibility index (Phi) is 4.33. The molecule has 1 saturated heterocycles. The molecule has 2 rings (SSSR count). The van der Waals surface area contributed by atoms with Crippen LogP contribution in [0, 0.1) is 17.7 Å². The Morgan fingerprint density at radius 3 is 3.00 bits per heavy atom. The zero-order chi connectivity index (χ0) is 14.5. The Labute approximate surface area is 115 Å². The molecule has 0 unspecified atom stereocenters. The summed E-state index contributed by atoms with van der Waals surface area (Å²) >= 11 is 0. The number of carbonyl (C=O) groups is 2. The quantitative estimate of drug-likeness (QED) is 0.691. The van der Waals surface area contributed by atoms with Crippen LogP contribution >= 0.6 is 0 Å². The van der Waals surface area contributed by atoms with Crippen molar-refractivity contribution in [2.24, 2.45) is 5.73 Å². The van der Waals surface area contributed by atoms with E-state index in [9.17, 15) is 14.0 Å². The maximum Gasteiger partial charge on any atom is 0.257 e. The molecule has 0 aliphatic carbocycles. The SMILES string of the molecule is NCC#Cc1ccc(F)c(C(=O)N2CCNC(=O)C2)c1. The van der Waals surface area contributed by atoms with E-state index < -0.39 is 11.7 Å². The van der Waals surface area contributed by atoms with Gasteiger partial charge in [0, 0.05) is 18.7 Å². The van der Waals surface area contributed by atoms with Crippen molar-refractivity contribution >= 4 is 11.8 Å². The van der Waals surface area contributed by atoms with Crippen LogP contribution in [0.4, 0.5) is 4.39 Å². The predicted octanol–water partition coefficient (Wildman–Crippen LogP) is -0.292. The average Bonchev–Trinajstić information content (AvgIpc) is 2.45. The minimum absolute atomic E-state index is 0.0586. The van der Waals surface area contributed by atoms with Gasteiger partial charge in [0.2, 0.25) is 5.91 Å². The van der Waals surface area contributed by atoms with Crippen molar-refractivity contribution in [3.05, 3.63) is 35.1 Å². The van der Waals surface area contributed by atoms with Gasteiger partial charge in [-0.25, -0.2) is 4.39 Å². The van der Waals surface area contributed by atoms with Gasteiger partial charge < -0.3 is 16.0 Å². The van der Waals surface area contributed by atoms with E-state index in [0.717, 1.165) is 0 Å². The van der Waals surface area contributed by atoms with Gasteiger partial charge in [0.05, 0.1) is 18.7 Å². The van der Waals surface area contributed by atoms with E-state index in [0.29, 0.717) is 18.7 Å². The van der Waals surface area contributed by atoms with Crippen LogP contribution in [-0.2, 0) is 4.79 Å². The van der Waals surface area contributed by atoms with E-state index in [2.05, 4.69) is 17.2 Å². The first kappa shape index (κ1) is 14.0. The largest absolute Gasteiger partial charge is 0.353 e. The molecule has 1 fully saturated rings. The summed E-state index contributed by atoms with van der Waals surface area (Å²) < 4.78 is 13.8. The van der Waals surface area contributed by atoms with Crippen molar-refractivity contribution in [2.75, 3.05) is 26.2 Å². The van der Waals surface area contributed by atoms with Crippen LogP contribution in [-0.4, -0.2) is 42.9 Å². The van der Waals surface area contributed by atoms with Gasteiger partial charge in [0.25, 0.3) is 5.91 Å². The number of nitrogens with two attached hydrogens (primary N) is 1. The van der Waals surface area contributed by atoms with Crippen molar-refractivity contribution in [3.63, 3.8) is 0 Å². The van der Waals surface area contributed by atoms with E-state index in [4.69, 9.17) is 5.73 Å². The van der Waals surface area contributed by atoms with E-state index >= 15 is 0 Å². The summed E-state index contributed by atoms with van der Waals surface area (Å²) in [6.07, 6.45) is 0. The zero-order valence-corrected chi connectivity index (χ0v) is 10.8. The first-order valence-electron chi connectivity index (χ1n) is 6.16. The van der Waals surface area contributed by atoms with Crippen molar-refractivity contribution in [1.29, 1.82) is 0 Å². The van der Waals surface area contributed by atoms with Gasteiger partial charge in [-0.3, -0.25) is 9.59 Å². The minimum Gasteiger partial charge on any atom is -0.353 e. The van der Waals surface area contributed by atoms with Gasteiger partial charge >= 0.3 is 0 Å². The number of amides is 2. The molecule has 3 N–H and O–H groups in total. The first-order valence-corrected chi connectivity index (χ1v) is 6.16. The van der Waals surface area contributed by atoms with E-state index in [1.54, 1.807) is 0 Å². The number of halogens is 1. The average molecular weight is 275 g/mol. The van der Waals surface area contributed by atoms with E-state index in [1.807, 2.05) is 0 Å². The Hall–Kier alpha value is -2.39. The van der Waals surface area contributed by atoms with Gasteiger partial charge in [0.15, 0.2) is 0 Å². The fourth-order valence-corrected chi connectivity index (χ4v) is 1.90. The predicted molar refractivity (Wildman–Crippen MR) is 71.2 cm³/mol. The number of benzene rings is 1. The number of rotatable bonds is 1. The van der Waals surface area contributed by atoms with Gasteiger partial charge in [-0.2, -0.15) is 0 Å². The Bertz CT molecular complexity index is 604. The molecular weight excluding hydrogens is 261 g/mol. The molecule has 6 heteroatoms. The highest BCUT2D eigenvalue weighted by Crippen LogP contribution is 2.13. The van der Waals surface area contributed by atoms with Crippen LogP contribution in [0.3, 0.4) is 0 Å². The third-order valence-electron chi connectivity index (χ3n) is 2.86. The fourth-order valence-electron chi connectivity index (χ4n) is 1.90. The molecule has 1 aliphatic rings. The van der Waals surface area contributed by atoms with Crippen molar-refractivity contribution in [1.82, 2.24) is 10.2 Å². The summed E-state index contributed by atoms with van der Waals surface area (Å²) in [6.45, 7) is 0.867. The maximum atomic E-state index is 13.8. The summed E-state index contributed by atoms with van der Waals surface area (Å²) in [5.74, 6) is 4.01. The molecule has 0 saturated carbocycles. The number of carbonyl (C=O) groups excluding carboxylic acids is 2. The van der Waals surface area contributed by atoms with Gasteiger partial charge in [-0.05, 0) is 18.2 Å². The lowest BCUT2D eigenvalue weighted by Gasteiger charge is -2.26. The normalized spacial score (nSPS) is 14.3. The van der Waals surface area contributed by atoms with Crippen molar-refractivity contribution in [3.8, 4) is 11.8 Å². The number of nitrogens with one attached hydrogen (secondary N) is 1. The molecule has 0 spiro atoms. The van der Waals surface area contributed by atoms with E-state index in [1.165, 1.54) is 23.1 Å². The maximum absolute atomic E-state index is 13.8. The second kappa shape index (κ2) is 6.17. The van der Waals surface area contributed by atoms with Crippen molar-refractivity contribution in [2.45, 2.75) is 0 Å². The highest BCUT2D eigenvalue weighted by molar-refractivity contribution is 5.97. The van der Waals surface area contributed by atoms with Crippen LogP contribution in [0.15, 0.2) is 18.2 Å². The van der Waals surface area contributed by atoms with Gasteiger partial charge in [-0.15, -0.1) is 0 Å². The van der Waals surface area contributed by atoms with Gasteiger partial charge in [-0.1, -0.05) is 11.8 Å². The van der Waals surface area contributed by atoms with Crippen LogP contribution in [0.2, 0.25) is 0 Å².